The van der Waals surface area contributed by atoms with Crippen molar-refractivity contribution in [2.24, 2.45) is 5.92 Å². The molecule has 1 saturated heterocycles. The molecule has 1 aliphatic heterocycles. The molecule has 0 saturated carbocycles. The zero-order valence-corrected chi connectivity index (χ0v) is 17.3. The van der Waals surface area contributed by atoms with Crippen LogP contribution in [-0.4, -0.2) is 36.4 Å². The van der Waals surface area contributed by atoms with Crippen molar-refractivity contribution in [2.75, 3.05) is 29.4 Å². The summed E-state index contributed by atoms with van der Waals surface area (Å²) in [4.78, 5) is 32.4. The highest BCUT2D eigenvalue weighted by Gasteiger charge is 2.17. The van der Waals surface area contributed by atoms with Crippen LogP contribution in [0.2, 0.25) is 0 Å². The van der Waals surface area contributed by atoms with E-state index in [4.69, 9.17) is 0 Å². The quantitative estimate of drug-likeness (QED) is 0.782. The van der Waals surface area contributed by atoms with E-state index < -0.39 is 0 Å². The van der Waals surface area contributed by atoms with Gasteiger partial charge in [-0.2, -0.15) is 0 Å². The van der Waals surface area contributed by atoms with Crippen LogP contribution in [0.1, 0.15) is 38.7 Å². The second-order valence-electron chi connectivity index (χ2n) is 7.74. The zero-order valence-electron chi connectivity index (χ0n) is 17.3. The summed E-state index contributed by atoms with van der Waals surface area (Å²) in [5.41, 5.74) is 2.97. The van der Waals surface area contributed by atoms with Gasteiger partial charge in [0.15, 0.2) is 0 Å². The van der Waals surface area contributed by atoms with E-state index >= 15 is 0 Å². The van der Waals surface area contributed by atoms with E-state index in [0.717, 1.165) is 30.3 Å². The number of rotatable bonds is 7. The van der Waals surface area contributed by atoms with Crippen molar-refractivity contribution in [1.29, 1.82) is 0 Å². The molecule has 2 amide bonds. The first-order chi connectivity index (χ1) is 14.0. The van der Waals surface area contributed by atoms with E-state index in [1.165, 1.54) is 25.5 Å². The van der Waals surface area contributed by atoms with Gasteiger partial charge in [0.25, 0.3) is 0 Å². The third-order valence-corrected chi connectivity index (χ3v) is 5.47. The first-order valence-electron chi connectivity index (χ1n) is 10.3. The van der Waals surface area contributed by atoms with Gasteiger partial charge in [-0.25, -0.2) is 0 Å². The van der Waals surface area contributed by atoms with Gasteiger partial charge in [0.2, 0.25) is 11.8 Å². The Bertz CT molecular complexity index is 799. The van der Waals surface area contributed by atoms with E-state index in [-0.39, 0.29) is 18.2 Å². The van der Waals surface area contributed by atoms with Crippen molar-refractivity contribution in [3.8, 4) is 0 Å². The molecule has 2 heterocycles. The molecule has 6 heteroatoms. The number of pyridine rings is 1. The number of hydrogen-bond acceptors (Lipinski definition) is 4. The summed E-state index contributed by atoms with van der Waals surface area (Å²) < 4.78 is 0. The fourth-order valence-corrected chi connectivity index (χ4v) is 3.58. The van der Waals surface area contributed by atoms with Gasteiger partial charge in [-0.05, 0) is 54.7 Å². The molecule has 0 atom stereocenters. The van der Waals surface area contributed by atoms with Crippen molar-refractivity contribution in [3.05, 3.63) is 54.4 Å². The molecule has 0 bridgehead atoms. The lowest BCUT2D eigenvalue weighted by Gasteiger charge is -2.32. The van der Waals surface area contributed by atoms with Crippen LogP contribution in [0.15, 0.2) is 48.8 Å². The number of aromatic nitrogens is 1. The Morgan fingerprint density at radius 1 is 1.17 bits per heavy atom. The SMILES string of the molecule is CC(=O)N(CCC(=O)NCc1cccnc1)c1ccc(N2CCC(C)CC2)cc1. The summed E-state index contributed by atoms with van der Waals surface area (Å²) in [5.74, 6) is 0.645. The van der Waals surface area contributed by atoms with Crippen molar-refractivity contribution in [2.45, 2.75) is 39.7 Å². The smallest absolute Gasteiger partial charge is 0.223 e. The van der Waals surface area contributed by atoms with Gasteiger partial charge in [-0.1, -0.05) is 13.0 Å². The average molecular weight is 395 g/mol. The van der Waals surface area contributed by atoms with E-state index in [1.807, 2.05) is 24.3 Å². The molecule has 1 N–H and O–H groups in total. The minimum Gasteiger partial charge on any atom is -0.372 e. The summed E-state index contributed by atoms with van der Waals surface area (Å²) in [6.07, 6.45) is 6.12. The van der Waals surface area contributed by atoms with Crippen LogP contribution in [0.5, 0.6) is 0 Å². The monoisotopic (exact) mass is 394 g/mol. The molecule has 0 aliphatic carbocycles. The summed E-state index contributed by atoms with van der Waals surface area (Å²) in [6.45, 7) is 6.79. The maximum atomic E-state index is 12.2. The van der Waals surface area contributed by atoms with Gasteiger partial charge < -0.3 is 15.1 Å². The lowest BCUT2D eigenvalue weighted by molar-refractivity contribution is -0.121. The highest BCUT2D eigenvalue weighted by molar-refractivity contribution is 5.92. The zero-order chi connectivity index (χ0) is 20.6. The number of carbonyl (C=O) groups is 2. The topological polar surface area (TPSA) is 65.5 Å². The van der Waals surface area contributed by atoms with Crippen LogP contribution in [0, 0.1) is 5.92 Å². The second-order valence-corrected chi connectivity index (χ2v) is 7.74. The highest BCUT2D eigenvalue weighted by Crippen LogP contribution is 2.25. The Labute approximate surface area is 172 Å². The standard InChI is InChI=1S/C23H30N4O2/c1-18-9-13-26(14-10-18)21-5-7-22(8-6-21)27(19(2)28)15-11-23(29)25-17-20-4-3-12-24-16-20/h3-8,12,16,18H,9-11,13-15,17H2,1-2H3,(H,25,29). The van der Waals surface area contributed by atoms with Crippen LogP contribution in [0.3, 0.4) is 0 Å². The fourth-order valence-electron chi connectivity index (χ4n) is 3.58. The Hall–Kier alpha value is -2.89. The van der Waals surface area contributed by atoms with Gasteiger partial charge in [0.1, 0.15) is 0 Å². The second kappa shape index (κ2) is 10.0. The molecule has 0 spiro atoms. The number of anilines is 2. The van der Waals surface area contributed by atoms with Gasteiger partial charge >= 0.3 is 0 Å². The van der Waals surface area contributed by atoms with Crippen LogP contribution < -0.4 is 15.1 Å². The molecule has 29 heavy (non-hydrogen) atoms. The fraction of sp³-hybridized carbons (Fsp3) is 0.435. The van der Waals surface area contributed by atoms with Gasteiger partial charge in [-0.15, -0.1) is 0 Å². The van der Waals surface area contributed by atoms with E-state index in [9.17, 15) is 9.59 Å². The average Bonchev–Trinajstić information content (AvgIpc) is 2.74. The first-order valence-corrected chi connectivity index (χ1v) is 10.3. The van der Waals surface area contributed by atoms with Crippen molar-refractivity contribution in [1.82, 2.24) is 10.3 Å². The summed E-state index contributed by atoms with van der Waals surface area (Å²) in [6, 6.07) is 11.9. The highest BCUT2D eigenvalue weighted by atomic mass is 16.2. The Morgan fingerprint density at radius 2 is 1.90 bits per heavy atom. The normalized spacial score (nSPS) is 14.5. The number of piperidine rings is 1. The van der Waals surface area contributed by atoms with E-state index in [1.54, 1.807) is 17.3 Å². The molecule has 1 fully saturated rings. The van der Waals surface area contributed by atoms with Gasteiger partial charge in [0.05, 0.1) is 0 Å². The molecule has 0 unspecified atom stereocenters. The molecule has 0 radical (unpaired) electrons. The number of amides is 2. The number of benzene rings is 1. The van der Waals surface area contributed by atoms with Crippen LogP contribution in [0.25, 0.3) is 0 Å². The molecular formula is C23H30N4O2. The van der Waals surface area contributed by atoms with E-state index in [0.29, 0.717) is 13.1 Å². The van der Waals surface area contributed by atoms with Crippen LogP contribution in [0.4, 0.5) is 11.4 Å². The Balaban J connectivity index is 1.53. The van der Waals surface area contributed by atoms with E-state index in [2.05, 4.69) is 34.3 Å². The number of nitrogens with one attached hydrogen (secondary N) is 1. The predicted octanol–water partition coefficient (Wildman–Crippen LogP) is 3.38. The molecule has 3 rings (SSSR count). The molecule has 6 nitrogen and oxygen atoms in total. The van der Waals surface area contributed by atoms with Crippen LogP contribution >= 0.6 is 0 Å². The summed E-state index contributed by atoms with van der Waals surface area (Å²) in [7, 11) is 0. The molecule has 154 valence electrons. The number of hydrogen-bond donors (Lipinski definition) is 1. The molecule has 2 aromatic rings. The third-order valence-electron chi connectivity index (χ3n) is 5.47. The third kappa shape index (κ3) is 6.04. The first kappa shape index (κ1) is 20.8. The molecule has 1 aliphatic rings. The summed E-state index contributed by atoms with van der Waals surface area (Å²) in [5, 5.41) is 2.88. The lowest BCUT2D eigenvalue weighted by Crippen LogP contribution is -2.34. The summed E-state index contributed by atoms with van der Waals surface area (Å²) >= 11 is 0. The van der Waals surface area contributed by atoms with Crippen molar-refractivity contribution < 1.29 is 9.59 Å². The van der Waals surface area contributed by atoms with Gasteiger partial charge in [-0.3, -0.25) is 14.6 Å². The Kier molecular flexibility index (Phi) is 7.22. The maximum Gasteiger partial charge on any atom is 0.223 e. The van der Waals surface area contributed by atoms with Gasteiger partial charge in [0, 0.05) is 63.3 Å². The predicted molar refractivity (Wildman–Crippen MR) is 116 cm³/mol. The number of nitrogens with zero attached hydrogens (tertiary/aromatic N) is 3. The minimum atomic E-state index is -0.0841. The van der Waals surface area contributed by atoms with Crippen LogP contribution in [-0.2, 0) is 16.1 Å². The van der Waals surface area contributed by atoms with Crippen molar-refractivity contribution >= 4 is 23.2 Å². The molecule has 1 aromatic carbocycles. The maximum absolute atomic E-state index is 12.2. The minimum absolute atomic E-state index is 0.0652. The lowest BCUT2D eigenvalue weighted by atomic mass is 9.99. The number of carbonyl (C=O) groups excluding carboxylic acids is 2. The van der Waals surface area contributed by atoms with Crippen molar-refractivity contribution in [3.63, 3.8) is 0 Å². The molecular weight excluding hydrogens is 364 g/mol. The largest absolute Gasteiger partial charge is 0.372 e. The molecule has 1 aromatic heterocycles. The Morgan fingerprint density at radius 3 is 2.52 bits per heavy atom.